The van der Waals surface area contributed by atoms with Gasteiger partial charge in [-0.3, -0.25) is 0 Å². The van der Waals surface area contributed by atoms with Gasteiger partial charge in [-0.25, -0.2) is 0 Å². The largest absolute Gasteiger partial charge is 0.151 e. The molecule has 1 radical (unpaired) electrons. The molecule has 4 rings (SSSR count). The van der Waals surface area contributed by atoms with Crippen molar-refractivity contribution >= 4 is 11.4 Å². The van der Waals surface area contributed by atoms with Gasteiger partial charge >= 0.3 is 0 Å². The van der Waals surface area contributed by atoms with Crippen LogP contribution in [0.1, 0.15) is 37.7 Å². The minimum Gasteiger partial charge on any atom is -0.151 e. The molecule has 0 amide bonds. The second-order valence-electron chi connectivity index (χ2n) is 6.40. The van der Waals surface area contributed by atoms with Crippen LogP contribution in [0.4, 0.5) is 11.4 Å². The van der Waals surface area contributed by atoms with E-state index in [9.17, 15) is 0 Å². The Labute approximate surface area is 156 Å². The summed E-state index contributed by atoms with van der Waals surface area (Å²) in [6, 6.07) is 30.2. The van der Waals surface area contributed by atoms with Crippen molar-refractivity contribution in [1.29, 1.82) is 0 Å². The molecule has 1 aliphatic rings. The number of hydrogen-bond donors (Lipinski definition) is 0. The van der Waals surface area contributed by atoms with Gasteiger partial charge in [0.1, 0.15) is 0 Å². The molecule has 0 heterocycles. The smallest absolute Gasteiger partial charge is 0.0857 e. The monoisotopic (exact) mass is 341 g/mol. The van der Waals surface area contributed by atoms with Crippen molar-refractivity contribution in [3.05, 3.63) is 102 Å². The van der Waals surface area contributed by atoms with E-state index < -0.39 is 0 Å². The average molecular weight is 341 g/mol. The van der Waals surface area contributed by atoms with Crippen molar-refractivity contribution in [2.75, 3.05) is 0 Å². The summed E-state index contributed by atoms with van der Waals surface area (Å²) in [5.74, 6) is 1.67. The Kier molecular flexibility index (Phi) is 7.15. The van der Waals surface area contributed by atoms with E-state index in [2.05, 4.69) is 40.6 Å². The lowest BCUT2D eigenvalue weighted by Gasteiger charge is -2.20. The Morgan fingerprint density at radius 2 is 0.885 bits per heavy atom. The van der Waals surface area contributed by atoms with Gasteiger partial charge in [0.2, 0.25) is 0 Å². The number of benzene rings is 3. The number of hydrogen-bond acceptors (Lipinski definition) is 2. The second-order valence-corrected chi connectivity index (χ2v) is 6.40. The zero-order valence-electron chi connectivity index (χ0n) is 15.1. The number of nitrogens with zero attached hydrogens (tertiary/aromatic N) is 2. The Morgan fingerprint density at radius 3 is 1.35 bits per heavy atom. The average Bonchev–Trinajstić information content (AvgIpc) is 2.75. The van der Waals surface area contributed by atoms with Crippen LogP contribution in [0.3, 0.4) is 0 Å². The topological polar surface area (TPSA) is 24.7 Å². The lowest BCUT2D eigenvalue weighted by molar-refractivity contribution is 0.551. The van der Waals surface area contributed by atoms with Crippen LogP contribution in [0.15, 0.2) is 101 Å². The molecule has 3 aromatic rings. The molecule has 26 heavy (non-hydrogen) atoms. The molecule has 0 saturated heterocycles. The third kappa shape index (κ3) is 5.96. The summed E-state index contributed by atoms with van der Waals surface area (Å²) in [6.45, 7) is 0. The van der Waals surface area contributed by atoms with E-state index in [-0.39, 0.29) is 0 Å². The van der Waals surface area contributed by atoms with Gasteiger partial charge in [-0.2, -0.15) is 10.2 Å². The van der Waals surface area contributed by atoms with Gasteiger partial charge in [-0.1, -0.05) is 86.0 Å². The van der Waals surface area contributed by atoms with Crippen molar-refractivity contribution in [2.24, 2.45) is 10.2 Å². The molecule has 131 valence electrons. The fraction of sp³-hybridized carbons (Fsp3) is 0.208. The minimum absolute atomic E-state index is 0.872. The molecule has 1 fully saturated rings. The number of azo groups is 1. The summed E-state index contributed by atoms with van der Waals surface area (Å²) in [6.07, 6.45) is 6.86. The molecule has 1 saturated carbocycles. The van der Waals surface area contributed by atoms with Gasteiger partial charge in [-0.05, 0) is 42.7 Å². The summed E-state index contributed by atoms with van der Waals surface area (Å²) >= 11 is 0. The van der Waals surface area contributed by atoms with E-state index in [1.807, 2.05) is 60.7 Å². The van der Waals surface area contributed by atoms with Crippen LogP contribution >= 0.6 is 0 Å². The summed E-state index contributed by atoms with van der Waals surface area (Å²) in [4.78, 5) is 0. The van der Waals surface area contributed by atoms with Gasteiger partial charge in [0, 0.05) is 5.92 Å². The fourth-order valence-electron chi connectivity index (χ4n) is 3.05. The van der Waals surface area contributed by atoms with Crippen LogP contribution in [0.5, 0.6) is 0 Å². The first-order valence-electron chi connectivity index (χ1n) is 9.34. The van der Waals surface area contributed by atoms with Gasteiger partial charge in [0.25, 0.3) is 0 Å². The van der Waals surface area contributed by atoms with Crippen molar-refractivity contribution in [1.82, 2.24) is 0 Å². The van der Waals surface area contributed by atoms with E-state index >= 15 is 0 Å². The maximum Gasteiger partial charge on any atom is 0.0857 e. The predicted molar refractivity (Wildman–Crippen MR) is 109 cm³/mol. The summed E-state index contributed by atoms with van der Waals surface area (Å²) in [5.41, 5.74) is 3.21. The Morgan fingerprint density at radius 1 is 0.462 bits per heavy atom. The van der Waals surface area contributed by atoms with Gasteiger partial charge in [0.05, 0.1) is 11.4 Å². The molecule has 0 spiro atoms. The van der Waals surface area contributed by atoms with E-state index in [0.717, 1.165) is 11.4 Å². The predicted octanol–water partition coefficient (Wildman–Crippen LogP) is 7.68. The zero-order valence-corrected chi connectivity index (χ0v) is 15.1. The molecule has 0 N–H and O–H groups in total. The molecule has 1 aliphatic carbocycles. The quantitative estimate of drug-likeness (QED) is 0.436. The molecular formula is C24H25N2. The van der Waals surface area contributed by atoms with E-state index in [0.29, 0.717) is 0 Å². The molecule has 0 bridgehead atoms. The molecule has 2 nitrogen and oxygen atoms in total. The third-order valence-electron chi connectivity index (χ3n) is 4.43. The summed E-state index contributed by atoms with van der Waals surface area (Å²) in [7, 11) is 0. The highest BCUT2D eigenvalue weighted by atomic mass is 15.1. The Bertz CT molecular complexity index is 720. The Hall–Kier alpha value is -2.74. The normalized spacial score (nSPS) is 14.6. The van der Waals surface area contributed by atoms with Gasteiger partial charge in [0.15, 0.2) is 0 Å². The van der Waals surface area contributed by atoms with Crippen LogP contribution in [0.2, 0.25) is 0 Å². The zero-order chi connectivity index (χ0) is 17.9. The SMILES string of the molecule is c1ccc(/N=N/c2ccccc2)cc1.c1ccc([C]2CCCCC2)cc1. The third-order valence-corrected chi connectivity index (χ3v) is 4.43. The minimum atomic E-state index is 0.872. The van der Waals surface area contributed by atoms with Crippen LogP contribution < -0.4 is 0 Å². The van der Waals surface area contributed by atoms with Crippen LogP contribution in [0, 0.1) is 5.92 Å². The molecule has 0 aliphatic heterocycles. The highest BCUT2D eigenvalue weighted by Crippen LogP contribution is 2.31. The first-order chi connectivity index (χ1) is 12.9. The summed E-state index contributed by atoms with van der Waals surface area (Å²) < 4.78 is 0. The molecule has 2 heteroatoms. The lowest BCUT2D eigenvalue weighted by Crippen LogP contribution is -2.04. The highest BCUT2D eigenvalue weighted by Gasteiger charge is 2.14. The molecule has 0 atom stereocenters. The Balaban J connectivity index is 0.000000152. The standard InChI is InChI=1S/C12H10N2.C12H15/c1-3-7-11(8-4-1)13-14-12-9-5-2-6-10-12;1-3-7-11(8-4-1)12-9-5-2-6-10-12/h1-10H;1,3-4,7-8H,2,5-6,9-10H2/b14-13+;. The van der Waals surface area contributed by atoms with Crippen molar-refractivity contribution < 1.29 is 0 Å². The van der Waals surface area contributed by atoms with E-state index in [1.165, 1.54) is 37.7 Å². The maximum atomic E-state index is 4.10. The molecular weight excluding hydrogens is 316 g/mol. The first kappa shape index (κ1) is 18.1. The molecule has 0 aromatic heterocycles. The molecule has 0 unspecified atom stereocenters. The van der Waals surface area contributed by atoms with Crippen molar-refractivity contribution in [3.63, 3.8) is 0 Å². The second kappa shape index (κ2) is 10.3. The van der Waals surface area contributed by atoms with Crippen LogP contribution in [0.25, 0.3) is 0 Å². The lowest BCUT2D eigenvalue weighted by atomic mass is 9.84. The van der Waals surface area contributed by atoms with E-state index in [1.54, 1.807) is 5.92 Å². The van der Waals surface area contributed by atoms with Gasteiger partial charge in [-0.15, -0.1) is 0 Å². The van der Waals surface area contributed by atoms with Crippen LogP contribution in [-0.2, 0) is 0 Å². The first-order valence-corrected chi connectivity index (χ1v) is 9.34. The van der Waals surface area contributed by atoms with Gasteiger partial charge < -0.3 is 0 Å². The van der Waals surface area contributed by atoms with E-state index in [4.69, 9.17) is 0 Å². The number of rotatable bonds is 3. The highest BCUT2D eigenvalue weighted by molar-refractivity contribution is 5.39. The van der Waals surface area contributed by atoms with Crippen molar-refractivity contribution in [2.45, 2.75) is 32.1 Å². The van der Waals surface area contributed by atoms with Crippen molar-refractivity contribution in [3.8, 4) is 0 Å². The fourth-order valence-corrected chi connectivity index (χ4v) is 3.05. The molecule has 3 aromatic carbocycles. The van der Waals surface area contributed by atoms with Crippen LogP contribution in [-0.4, -0.2) is 0 Å². The maximum absolute atomic E-state index is 4.10. The summed E-state index contributed by atoms with van der Waals surface area (Å²) in [5, 5.41) is 8.20.